The van der Waals surface area contributed by atoms with Gasteiger partial charge in [-0.25, -0.2) is 4.68 Å². The molecule has 2 aromatic carbocycles. The molecule has 1 aliphatic rings. The van der Waals surface area contributed by atoms with E-state index in [2.05, 4.69) is 31.6 Å². The Bertz CT molecular complexity index is 956. The number of rotatable bonds is 4. The highest BCUT2D eigenvalue weighted by molar-refractivity contribution is 9.10. The molecule has 5 nitrogen and oxygen atoms in total. The minimum absolute atomic E-state index is 0.0198. The molecule has 0 spiro atoms. The van der Waals surface area contributed by atoms with Crippen molar-refractivity contribution in [2.75, 3.05) is 12.5 Å². The number of methoxy groups -OCH3 is 1. The maximum atomic E-state index is 6.47. The first kappa shape index (κ1) is 17.5. The smallest absolute Gasteiger partial charge is 0.212 e. The van der Waals surface area contributed by atoms with Gasteiger partial charge in [-0.05, 0) is 48.0 Å². The van der Waals surface area contributed by atoms with Crippen molar-refractivity contribution in [3.05, 3.63) is 64.6 Å². The first-order valence-corrected chi connectivity index (χ1v) is 9.85. The van der Waals surface area contributed by atoms with Crippen LogP contribution in [-0.2, 0) is 0 Å². The van der Waals surface area contributed by atoms with E-state index in [1.165, 1.54) is 0 Å². The first-order valence-electron chi connectivity index (χ1n) is 7.80. The predicted octanol–water partition coefficient (Wildman–Crippen LogP) is 4.97. The lowest BCUT2D eigenvalue weighted by molar-refractivity contribution is 0.415. The summed E-state index contributed by atoms with van der Waals surface area (Å²) in [4.78, 5) is 0. The van der Waals surface area contributed by atoms with E-state index in [0.29, 0.717) is 5.03 Å². The van der Waals surface area contributed by atoms with Crippen molar-refractivity contribution in [1.29, 1.82) is 0 Å². The van der Waals surface area contributed by atoms with Gasteiger partial charge in [0.2, 0.25) is 5.16 Å². The van der Waals surface area contributed by atoms with Crippen LogP contribution in [0.4, 0.5) is 0 Å². The van der Waals surface area contributed by atoms with E-state index < -0.39 is 0 Å². The van der Waals surface area contributed by atoms with E-state index >= 15 is 0 Å². The van der Waals surface area contributed by atoms with Gasteiger partial charge in [0.15, 0.2) is 5.82 Å². The molecular weight excluding hydrogens is 436 g/mol. The number of hydrogen-bond acceptors (Lipinski definition) is 5. The third-order valence-electron chi connectivity index (χ3n) is 3.89. The molecule has 26 heavy (non-hydrogen) atoms. The van der Waals surface area contributed by atoms with Crippen LogP contribution in [0.25, 0.3) is 16.4 Å². The quantitative estimate of drug-likeness (QED) is 0.609. The van der Waals surface area contributed by atoms with Crippen LogP contribution < -0.4 is 10.2 Å². The number of benzene rings is 2. The standard InChI is InChI=1S/C18H14BrClN4OS/c1-25-14-8-4-12(5-9-14)17-21-22-18-24(17)23-16(26-18)10-15(20)11-2-6-13(19)7-3-11/h2-10,16,23H,1H3/b15-10-. The zero-order valence-corrected chi connectivity index (χ0v) is 16.8. The Balaban J connectivity index is 1.55. The average molecular weight is 450 g/mol. The van der Waals surface area contributed by atoms with Crippen molar-refractivity contribution in [3.63, 3.8) is 0 Å². The molecule has 0 amide bonds. The Hall–Kier alpha value is -1.96. The number of ether oxygens (including phenoxy) is 1. The minimum atomic E-state index is -0.0198. The van der Waals surface area contributed by atoms with Crippen LogP contribution in [0.15, 0.2) is 64.2 Å². The zero-order valence-electron chi connectivity index (χ0n) is 13.7. The Morgan fingerprint density at radius 2 is 1.92 bits per heavy atom. The van der Waals surface area contributed by atoms with Gasteiger partial charge in [-0.15, -0.1) is 10.2 Å². The maximum absolute atomic E-state index is 6.47. The van der Waals surface area contributed by atoms with Crippen molar-refractivity contribution in [3.8, 4) is 17.1 Å². The Kier molecular flexibility index (Phi) is 4.93. The summed E-state index contributed by atoms with van der Waals surface area (Å²) in [6, 6.07) is 15.6. The van der Waals surface area contributed by atoms with Crippen molar-refractivity contribution in [2.45, 2.75) is 10.5 Å². The molecule has 2 heterocycles. The maximum Gasteiger partial charge on any atom is 0.212 e. The molecule has 3 aromatic rings. The first-order chi connectivity index (χ1) is 12.6. The van der Waals surface area contributed by atoms with Crippen LogP contribution in [-0.4, -0.2) is 27.4 Å². The number of nitrogens with one attached hydrogen (secondary N) is 1. The van der Waals surface area contributed by atoms with E-state index in [1.807, 2.05) is 59.3 Å². The molecular formula is C18H14BrClN4OS. The van der Waals surface area contributed by atoms with Gasteiger partial charge >= 0.3 is 0 Å². The highest BCUT2D eigenvalue weighted by Crippen LogP contribution is 2.34. The highest BCUT2D eigenvalue weighted by atomic mass is 79.9. The summed E-state index contributed by atoms with van der Waals surface area (Å²) < 4.78 is 8.11. The molecule has 1 atom stereocenters. The zero-order chi connectivity index (χ0) is 18.1. The fraction of sp³-hybridized carbons (Fsp3) is 0.111. The number of nitrogens with zero attached hydrogens (tertiary/aromatic N) is 3. The Morgan fingerprint density at radius 1 is 1.19 bits per heavy atom. The molecule has 0 fully saturated rings. The summed E-state index contributed by atoms with van der Waals surface area (Å²) in [5.74, 6) is 1.56. The molecule has 4 rings (SSSR count). The van der Waals surface area contributed by atoms with Crippen molar-refractivity contribution in [2.24, 2.45) is 0 Å². The summed E-state index contributed by atoms with van der Waals surface area (Å²) in [5, 5.41) is 10.0. The van der Waals surface area contributed by atoms with Crippen LogP contribution >= 0.6 is 39.3 Å². The van der Waals surface area contributed by atoms with Gasteiger partial charge in [-0.3, -0.25) is 0 Å². The highest BCUT2D eigenvalue weighted by Gasteiger charge is 2.26. The van der Waals surface area contributed by atoms with Crippen LogP contribution in [0, 0.1) is 0 Å². The van der Waals surface area contributed by atoms with Gasteiger partial charge < -0.3 is 10.2 Å². The molecule has 0 saturated heterocycles. The summed E-state index contributed by atoms with van der Waals surface area (Å²) in [5.41, 5.74) is 5.30. The molecule has 1 aromatic heterocycles. The summed E-state index contributed by atoms with van der Waals surface area (Å²) in [6.45, 7) is 0. The average Bonchev–Trinajstić information content (AvgIpc) is 3.22. The van der Waals surface area contributed by atoms with Gasteiger partial charge in [0.25, 0.3) is 0 Å². The molecule has 0 saturated carbocycles. The third kappa shape index (κ3) is 3.47. The van der Waals surface area contributed by atoms with Crippen LogP contribution in [0.3, 0.4) is 0 Å². The molecule has 0 radical (unpaired) electrons. The summed E-state index contributed by atoms with van der Waals surface area (Å²) in [7, 11) is 1.65. The molecule has 1 N–H and O–H groups in total. The number of thioether (sulfide) groups is 1. The Labute approximate surface area is 168 Å². The van der Waals surface area contributed by atoms with Gasteiger partial charge in [0.1, 0.15) is 11.1 Å². The van der Waals surface area contributed by atoms with Gasteiger partial charge in [-0.2, -0.15) is 0 Å². The lowest BCUT2D eigenvalue weighted by Crippen LogP contribution is -2.17. The second kappa shape index (κ2) is 7.34. The van der Waals surface area contributed by atoms with Gasteiger partial charge in [-0.1, -0.05) is 51.4 Å². The minimum Gasteiger partial charge on any atom is -0.497 e. The lowest BCUT2D eigenvalue weighted by Gasteiger charge is -2.09. The van der Waals surface area contributed by atoms with Crippen molar-refractivity contribution < 1.29 is 4.74 Å². The van der Waals surface area contributed by atoms with E-state index in [9.17, 15) is 0 Å². The Morgan fingerprint density at radius 3 is 2.62 bits per heavy atom. The summed E-state index contributed by atoms with van der Waals surface area (Å²) >= 11 is 11.5. The number of aromatic nitrogens is 3. The fourth-order valence-electron chi connectivity index (χ4n) is 2.57. The van der Waals surface area contributed by atoms with E-state index in [0.717, 1.165) is 32.3 Å². The van der Waals surface area contributed by atoms with Gasteiger partial charge in [0.05, 0.1) is 7.11 Å². The predicted molar refractivity (Wildman–Crippen MR) is 109 cm³/mol. The second-order valence-corrected chi connectivity index (χ2v) is 7.99. The molecule has 1 aliphatic heterocycles. The van der Waals surface area contributed by atoms with Crippen LogP contribution in [0.1, 0.15) is 5.56 Å². The number of hydrogen-bond donors (Lipinski definition) is 1. The monoisotopic (exact) mass is 448 g/mol. The van der Waals surface area contributed by atoms with E-state index in [-0.39, 0.29) is 5.37 Å². The molecule has 132 valence electrons. The van der Waals surface area contributed by atoms with Crippen LogP contribution in [0.2, 0.25) is 0 Å². The lowest BCUT2D eigenvalue weighted by atomic mass is 10.2. The van der Waals surface area contributed by atoms with E-state index in [1.54, 1.807) is 18.9 Å². The second-order valence-electron chi connectivity index (χ2n) is 5.56. The van der Waals surface area contributed by atoms with Gasteiger partial charge in [0, 0.05) is 15.1 Å². The largest absolute Gasteiger partial charge is 0.497 e. The molecule has 1 unspecified atom stereocenters. The van der Waals surface area contributed by atoms with Crippen molar-refractivity contribution in [1.82, 2.24) is 14.9 Å². The third-order valence-corrected chi connectivity index (χ3v) is 5.73. The fourth-order valence-corrected chi connectivity index (χ4v) is 4.08. The SMILES string of the molecule is COc1ccc(-c2nnc3n2NC(/C=C(\Cl)c2ccc(Br)cc2)S3)cc1. The topological polar surface area (TPSA) is 52.0 Å². The molecule has 8 heteroatoms. The van der Waals surface area contributed by atoms with Crippen molar-refractivity contribution >= 4 is 44.3 Å². The molecule has 0 bridgehead atoms. The number of fused-ring (bicyclic) bond motifs is 1. The normalized spacial score (nSPS) is 16.3. The molecule has 0 aliphatic carbocycles. The summed E-state index contributed by atoms with van der Waals surface area (Å²) in [6.07, 6.45) is 1.97. The number of halogens is 2. The van der Waals surface area contributed by atoms with E-state index in [4.69, 9.17) is 16.3 Å². The van der Waals surface area contributed by atoms with Crippen LogP contribution in [0.5, 0.6) is 5.75 Å².